The first-order chi connectivity index (χ1) is 12.9. The molecule has 1 fully saturated rings. The molecule has 8 nitrogen and oxygen atoms in total. The molecule has 1 aliphatic carbocycles. The summed E-state index contributed by atoms with van der Waals surface area (Å²) in [6.07, 6.45) is 2.47. The maximum atomic E-state index is 12.8. The van der Waals surface area contributed by atoms with Crippen LogP contribution in [0, 0.1) is 23.0 Å². The van der Waals surface area contributed by atoms with Gasteiger partial charge in [-0.1, -0.05) is 17.4 Å². The van der Waals surface area contributed by atoms with Gasteiger partial charge in [0.15, 0.2) is 5.13 Å². The van der Waals surface area contributed by atoms with E-state index in [1.807, 2.05) is 0 Å². The monoisotopic (exact) mass is 386 g/mol. The summed E-state index contributed by atoms with van der Waals surface area (Å²) in [6.45, 7) is 2.54. The minimum absolute atomic E-state index is 0.0148. The van der Waals surface area contributed by atoms with E-state index in [-0.39, 0.29) is 23.4 Å². The van der Waals surface area contributed by atoms with Crippen molar-refractivity contribution in [2.45, 2.75) is 32.7 Å². The van der Waals surface area contributed by atoms with Gasteiger partial charge < -0.3 is 10.2 Å². The van der Waals surface area contributed by atoms with Gasteiger partial charge in [0.2, 0.25) is 5.91 Å². The fourth-order valence-corrected chi connectivity index (χ4v) is 4.12. The Hall–Kier alpha value is -2.81. The molecule has 1 N–H and O–H groups in total. The normalized spacial score (nSPS) is 16.0. The lowest BCUT2D eigenvalue weighted by Gasteiger charge is -2.26. The molecule has 2 heterocycles. The minimum Gasteiger partial charge on any atom is -0.333 e. The van der Waals surface area contributed by atoms with Gasteiger partial charge in [0.25, 0.3) is 11.6 Å². The topological polar surface area (TPSA) is 105 Å². The summed E-state index contributed by atoms with van der Waals surface area (Å²) >= 11 is 1.39. The lowest BCUT2D eigenvalue weighted by atomic mass is 10.1. The third-order valence-electron chi connectivity index (χ3n) is 4.85. The number of nitrogens with one attached hydrogen (secondary N) is 1. The van der Waals surface area contributed by atoms with E-state index in [0.717, 1.165) is 23.4 Å². The number of hydrogen-bond acceptors (Lipinski definition) is 6. The second-order valence-corrected chi connectivity index (χ2v) is 7.97. The molecule has 0 bridgehead atoms. The van der Waals surface area contributed by atoms with Crippen LogP contribution in [0.5, 0.6) is 0 Å². The predicted molar refractivity (Wildman–Crippen MR) is 99.7 cm³/mol. The van der Waals surface area contributed by atoms with Gasteiger partial charge in [-0.15, -0.1) is 0 Å². The Morgan fingerprint density at radius 3 is 2.85 bits per heavy atom. The van der Waals surface area contributed by atoms with E-state index < -0.39 is 4.92 Å². The first-order valence-corrected chi connectivity index (χ1v) is 9.58. The summed E-state index contributed by atoms with van der Waals surface area (Å²) in [7, 11) is 0. The summed E-state index contributed by atoms with van der Waals surface area (Å²) in [5, 5.41) is 14.6. The van der Waals surface area contributed by atoms with Crippen LogP contribution in [0.15, 0.2) is 18.2 Å². The summed E-state index contributed by atoms with van der Waals surface area (Å²) in [4.78, 5) is 42.4. The minimum atomic E-state index is -0.474. The molecule has 2 aliphatic rings. The number of nitro groups is 1. The van der Waals surface area contributed by atoms with Crippen molar-refractivity contribution >= 4 is 34.0 Å². The van der Waals surface area contributed by atoms with Crippen LogP contribution in [0.1, 0.15) is 39.3 Å². The molecular formula is C18H18N4O4S. The summed E-state index contributed by atoms with van der Waals surface area (Å²) in [5.41, 5.74) is 1.69. The molecule has 4 rings (SSSR count). The van der Waals surface area contributed by atoms with Crippen LogP contribution >= 0.6 is 11.3 Å². The van der Waals surface area contributed by atoms with Crippen molar-refractivity contribution in [1.29, 1.82) is 0 Å². The number of aromatic nitrogens is 1. The average molecular weight is 386 g/mol. The van der Waals surface area contributed by atoms with Crippen LogP contribution in [-0.4, -0.2) is 33.2 Å². The zero-order chi connectivity index (χ0) is 19.1. The number of carbonyl (C=O) groups excluding carboxylic acids is 2. The number of amides is 2. The smallest absolute Gasteiger partial charge is 0.273 e. The molecule has 0 spiro atoms. The van der Waals surface area contributed by atoms with Crippen molar-refractivity contribution in [3.05, 3.63) is 50.0 Å². The molecule has 0 unspecified atom stereocenters. The standard InChI is InChI=1S/C18H18N4O4S/c1-10-2-3-12(8-14(10)22(25)26)17(24)21-7-6-13-15(9-21)27-18(19-13)20-16(23)11-4-5-11/h2-3,8,11H,4-7,9H2,1H3,(H,19,20,23). The SMILES string of the molecule is Cc1ccc(C(=O)N2CCc3nc(NC(=O)C4CC4)sc3C2)cc1[N+](=O)[O-]. The van der Waals surface area contributed by atoms with E-state index in [0.29, 0.717) is 35.8 Å². The Morgan fingerprint density at radius 1 is 1.37 bits per heavy atom. The molecule has 2 amide bonds. The van der Waals surface area contributed by atoms with Crippen LogP contribution in [0.2, 0.25) is 0 Å². The van der Waals surface area contributed by atoms with E-state index in [9.17, 15) is 19.7 Å². The second-order valence-electron chi connectivity index (χ2n) is 6.89. The van der Waals surface area contributed by atoms with Gasteiger partial charge in [-0.25, -0.2) is 4.98 Å². The van der Waals surface area contributed by atoms with Crippen molar-refractivity contribution in [3.63, 3.8) is 0 Å². The number of thiazole rings is 1. The highest BCUT2D eigenvalue weighted by molar-refractivity contribution is 7.15. The number of carbonyl (C=O) groups is 2. The van der Waals surface area contributed by atoms with Gasteiger partial charge in [0.1, 0.15) is 0 Å². The predicted octanol–water partition coefficient (Wildman–Crippen LogP) is 2.91. The lowest BCUT2D eigenvalue weighted by Crippen LogP contribution is -2.35. The van der Waals surface area contributed by atoms with E-state index in [1.54, 1.807) is 24.0 Å². The van der Waals surface area contributed by atoms with E-state index in [1.165, 1.54) is 17.4 Å². The van der Waals surface area contributed by atoms with Gasteiger partial charge >= 0.3 is 0 Å². The molecule has 0 radical (unpaired) electrons. The van der Waals surface area contributed by atoms with Crippen molar-refractivity contribution in [1.82, 2.24) is 9.88 Å². The van der Waals surface area contributed by atoms with Crippen molar-refractivity contribution in [3.8, 4) is 0 Å². The number of nitro benzene ring substituents is 1. The Kier molecular flexibility index (Phi) is 4.39. The zero-order valence-corrected chi connectivity index (χ0v) is 15.5. The molecule has 1 aliphatic heterocycles. The molecule has 140 valence electrons. The maximum absolute atomic E-state index is 12.8. The van der Waals surface area contributed by atoms with Gasteiger partial charge in [0.05, 0.1) is 17.2 Å². The molecule has 2 aromatic rings. The highest BCUT2D eigenvalue weighted by Gasteiger charge is 2.31. The van der Waals surface area contributed by atoms with Gasteiger partial charge in [-0.05, 0) is 25.8 Å². The number of anilines is 1. The third kappa shape index (κ3) is 3.55. The number of rotatable bonds is 4. The quantitative estimate of drug-likeness (QED) is 0.642. The molecule has 0 atom stereocenters. The average Bonchev–Trinajstić information content (AvgIpc) is 3.41. The molecule has 1 aromatic carbocycles. The second kappa shape index (κ2) is 6.73. The lowest BCUT2D eigenvalue weighted by molar-refractivity contribution is -0.385. The molecule has 1 saturated carbocycles. The van der Waals surface area contributed by atoms with E-state index in [4.69, 9.17) is 0 Å². The molecule has 27 heavy (non-hydrogen) atoms. The molecule has 9 heteroatoms. The van der Waals surface area contributed by atoms with E-state index in [2.05, 4.69) is 10.3 Å². The van der Waals surface area contributed by atoms with Gasteiger partial charge in [-0.3, -0.25) is 19.7 Å². The van der Waals surface area contributed by atoms with Crippen LogP contribution in [0.3, 0.4) is 0 Å². The van der Waals surface area contributed by atoms with Crippen molar-refractivity contribution in [2.75, 3.05) is 11.9 Å². The van der Waals surface area contributed by atoms with Crippen LogP contribution < -0.4 is 5.32 Å². The maximum Gasteiger partial charge on any atom is 0.273 e. The van der Waals surface area contributed by atoms with E-state index >= 15 is 0 Å². The number of nitrogens with zero attached hydrogens (tertiary/aromatic N) is 3. The summed E-state index contributed by atoms with van der Waals surface area (Å²) in [5.74, 6) is -0.108. The van der Waals surface area contributed by atoms with Gasteiger partial charge in [0, 0.05) is 41.0 Å². The number of fused-ring (bicyclic) bond motifs is 1. The zero-order valence-electron chi connectivity index (χ0n) is 14.7. The van der Waals surface area contributed by atoms with Crippen molar-refractivity contribution in [2.24, 2.45) is 5.92 Å². The van der Waals surface area contributed by atoms with Gasteiger partial charge in [-0.2, -0.15) is 0 Å². The highest BCUT2D eigenvalue weighted by atomic mass is 32.1. The first-order valence-electron chi connectivity index (χ1n) is 8.76. The molecule has 1 aromatic heterocycles. The Balaban J connectivity index is 1.49. The first kappa shape index (κ1) is 17.6. The highest BCUT2D eigenvalue weighted by Crippen LogP contribution is 2.33. The number of hydrogen-bond donors (Lipinski definition) is 1. The third-order valence-corrected chi connectivity index (χ3v) is 5.85. The Morgan fingerprint density at radius 2 is 2.15 bits per heavy atom. The fourth-order valence-electron chi connectivity index (χ4n) is 3.10. The fraction of sp³-hybridized carbons (Fsp3) is 0.389. The van der Waals surface area contributed by atoms with Crippen LogP contribution in [0.25, 0.3) is 0 Å². The van der Waals surface area contributed by atoms with Crippen LogP contribution in [-0.2, 0) is 17.8 Å². The number of benzene rings is 1. The summed E-state index contributed by atoms with van der Waals surface area (Å²) in [6, 6.07) is 4.55. The Bertz CT molecular complexity index is 951. The van der Waals surface area contributed by atoms with Crippen molar-refractivity contribution < 1.29 is 14.5 Å². The summed E-state index contributed by atoms with van der Waals surface area (Å²) < 4.78 is 0. The Labute approximate surface area is 159 Å². The largest absolute Gasteiger partial charge is 0.333 e. The number of aryl methyl sites for hydroxylation is 1. The van der Waals surface area contributed by atoms with Crippen LogP contribution in [0.4, 0.5) is 10.8 Å². The molecule has 0 saturated heterocycles. The molecular weight excluding hydrogens is 368 g/mol.